The Bertz CT molecular complexity index is 339. The number of carbonyl (C=O) groups excluding carboxylic acids is 1. The molecule has 0 aromatic carbocycles. The molecule has 0 N–H and O–H groups in total. The average molecular weight is 223 g/mol. The second kappa shape index (κ2) is 5.09. The lowest BCUT2D eigenvalue weighted by Gasteiger charge is -2.25. The van der Waals surface area contributed by atoms with Crippen molar-refractivity contribution in [2.75, 3.05) is 26.3 Å². The average Bonchev–Trinajstić information content (AvgIpc) is 2.80. The predicted octanol–water partition coefficient (Wildman–Crippen LogP) is 1.62. The number of amides is 1. The number of carbonyl (C=O) groups is 1. The molecule has 0 radical (unpaired) electrons. The number of nitrogens with zero attached hydrogens (tertiary/aromatic N) is 1. The molecular formula is C11H13NO2S. The molecule has 0 atom stereocenters. The Balaban J connectivity index is 1.91. The van der Waals surface area contributed by atoms with E-state index in [1.807, 2.05) is 27.8 Å². The van der Waals surface area contributed by atoms with Crippen molar-refractivity contribution in [3.8, 4) is 0 Å². The van der Waals surface area contributed by atoms with Crippen molar-refractivity contribution in [3.05, 3.63) is 28.5 Å². The molecule has 0 spiro atoms. The van der Waals surface area contributed by atoms with Crippen molar-refractivity contribution >= 4 is 23.3 Å². The molecule has 1 amide bonds. The van der Waals surface area contributed by atoms with Crippen LogP contribution < -0.4 is 0 Å². The predicted molar refractivity (Wildman–Crippen MR) is 60.8 cm³/mol. The third kappa shape index (κ3) is 2.91. The van der Waals surface area contributed by atoms with Crippen molar-refractivity contribution in [2.45, 2.75) is 0 Å². The lowest BCUT2D eigenvalue weighted by atomic mass is 10.3. The molecule has 2 rings (SSSR count). The summed E-state index contributed by atoms with van der Waals surface area (Å²) in [5.41, 5.74) is 1.08. The third-order valence-electron chi connectivity index (χ3n) is 2.28. The van der Waals surface area contributed by atoms with Crippen LogP contribution in [0.3, 0.4) is 0 Å². The van der Waals surface area contributed by atoms with Gasteiger partial charge >= 0.3 is 0 Å². The molecule has 1 aliphatic heterocycles. The third-order valence-corrected chi connectivity index (χ3v) is 2.99. The zero-order valence-electron chi connectivity index (χ0n) is 8.39. The summed E-state index contributed by atoms with van der Waals surface area (Å²) in [6, 6.07) is 1.99. The van der Waals surface area contributed by atoms with E-state index in [0.717, 1.165) is 5.56 Å². The minimum atomic E-state index is 0.0736. The molecule has 1 saturated heterocycles. The minimum Gasteiger partial charge on any atom is -0.378 e. The van der Waals surface area contributed by atoms with Crippen molar-refractivity contribution in [1.82, 2.24) is 4.90 Å². The normalized spacial score (nSPS) is 17.2. The van der Waals surface area contributed by atoms with Crippen LogP contribution in [-0.2, 0) is 9.53 Å². The smallest absolute Gasteiger partial charge is 0.246 e. The summed E-state index contributed by atoms with van der Waals surface area (Å²) in [6.07, 6.45) is 3.49. The lowest BCUT2D eigenvalue weighted by molar-refractivity contribution is -0.129. The molecule has 80 valence electrons. The van der Waals surface area contributed by atoms with Crippen LogP contribution in [0.15, 0.2) is 22.9 Å². The van der Waals surface area contributed by atoms with E-state index < -0.39 is 0 Å². The Morgan fingerprint density at radius 2 is 2.27 bits per heavy atom. The van der Waals surface area contributed by atoms with Gasteiger partial charge in [-0.1, -0.05) is 0 Å². The van der Waals surface area contributed by atoms with Gasteiger partial charge in [-0.15, -0.1) is 0 Å². The first-order valence-electron chi connectivity index (χ1n) is 4.93. The van der Waals surface area contributed by atoms with Crippen LogP contribution in [0.2, 0.25) is 0 Å². The topological polar surface area (TPSA) is 29.5 Å². The first kappa shape index (κ1) is 10.4. The van der Waals surface area contributed by atoms with Crippen LogP contribution in [0.4, 0.5) is 0 Å². The summed E-state index contributed by atoms with van der Waals surface area (Å²) in [4.78, 5) is 13.5. The molecule has 4 heteroatoms. The lowest BCUT2D eigenvalue weighted by Crippen LogP contribution is -2.39. The van der Waals surface area contributed by atoms with E-state index in [2.05, 4.69) is 0 Å². The second-order valence-electron chi connectivity index (χ2n) is 3.33. The van der Waals surface area contributed by atoms with Crippen molar-refractivity contribution < 1.29 is 9.53 Å². The number of thiophene rings is 1. The number of morpholine rings is 1. The molecule has 2 heterocycles. The molecule has 1 aromatic heterocycles. The van der Waals surface area contributed by atoms with E-state index in [1.54, 1.807) is 17.4 Å². The Hall–Kier alpha value is -1.13. The van der Waals surface area contributed by atoms with Gasteiger partial charge in [-0.3, -0.25) is 4.79 Å². The molecular weight excluding hydrogens is 210 g/mol. The van der Waals surface area contributed by atoms with Crippen LogP contribution in [0.1, 0.15) is 5.56 Å². The molecule has 0 unspecified atom stereocenters. The van der Waals surface area contributed by atoms with Gasteiger partial charge in [-0.2, -0.15) is 11.3 Å². The van der Waals surface area contributed by atoms with E-state index in [1.165, 1.54) is 0 Å². The largest absolute Gasteiger partial charge is 0.378 e. The van der Waals surface area contributed by atoms with Crippen LogP contribution in [-0.4, -0.2) is 37.1 Å². The number of hydrogen-bond acceptors (Lipinski definition) is 3. The number of rotatable bonds is 2. The van der Waals surface area contributed by atoms with Gasteiger partial charge in [0.2, 0.25) is 5.91 Å². The molecule has 1 fully saturated rings. The zero-order valence-corrected chi connectivity index (χ0v) is 9.20. The highest BCUT2D eigenvalue weighted by atomic mass is 32.1. The van der Waals surface area contributed by atoms with Crippen LogP contribution in [0.25, 0.3) is 6.08 Å². The molecule has 0 aliphatic carbocycles. The van der Waals surface area contributed by atoms with E-state index in [-0.39, 0.29) is 5.91 Å². The van der Waals surface area contributed by atoms with Gasteiger partial charge in [0, 0.05) is 19.2 Å². The van der Waals surface area contributed by atoms with E-state index in [9.17, 15) is 4.79 Å². The summed E-state index contributed by atoms with van der Waals surface area (Å²) >= 11 is 1.63. The summed E-state index contributed by atoms with van der Waals surface area (Å²) in [5, 5.41) is 4.02. The maximum absolute atomic E-state index is 11.7. The fraction of sp³-hybridized carbons (Fsp3) is 0.364. The van der Waals surface area contributed by atoms with Crippen molar-refractivity contribution in [3.63, 3.8) is 0 Å². The highest BCUT2D eigenvalue weighted by molar-refractivity contribution is 7.08. The summed E-state index contributed by atoms with van der Waals surface area (Å²) in [7, 11) is 0. The minimum absolute atomic E-state index is 0.0736. The molecule has 0 saturated carbocycles. The van der Waals surface area contributed by atoms with Gasteiger partial charge in [0.05, 0.1) is 13.2 Å². The Morgan fingerprint density at radius 1 is 1.47 bits per heavy atom. The van der Waals surface area contributed by atoms with Crippen LogP contribution in [0.5, 0.6) is 0 Å². The van der Waals surface area contributed by atoms with Gasteiger partial charge in [0.25, 0.3) is 0 Å². The van der Waals surface area contributed by atoms with Crippen LogP contribution in [0, 0.1) is 0 Å². The number of ether oxygens (including phenoxy) is 1. The summed E-state index contributed by atoms with van der Waals surface area (Å²) < 4.78 is 5.18. The maximum Gasteiger partial charge on any atom is 0.246 e. The van der Waals surface area contributed by atoms with Crippen molar-refractivity contribution in [1.29, 1.82) is 0 Å². The zero-order chi connectivity index (χ0) is 10.5. The van der Waals surface area contributed by atoms with Crippen LogP contribution >= 0.6 is 11.3 Å². The molecule has 0 bridgehead atoms. The maximum atomic E-state index is 11.7. The molecule has 15 heavy (non-hydrogen) atoms. The fourth-order valence-corrected chi connectivity index (χ4v) is 2.06. The van der Waals surface area contributed by atoms with Gasteiger partial charge in [-0.05, 0) is 28.5 Å². The standard InChI is InChI=1S/C11H13NO2S/c13-11(12-4-6-14-7-5-12)2-1-10-3-8-15-9-10/h1-3,8-9H,4-7H2/b2-1+. The molecule has 3 nitrogen and oxygen atoms in total. The molecule has 1 aliphatic rings. The highest BCUT2D eigenvalue weighted by Gasteiger charge is 2.13. The SMILES string of the molecule is O=C(/C=C/c1ccsc1)N1CCOCC1. The van der Waals surface area contributed by atoms with E-state index in [4.69, 9.17) is 4.74 Å². The Kier molecular flexibility index (Phi) is 3.53. The first-order valence-corrected chi connectivity index (χ1v) is 5.87. The van der Waals surface area contributed by atoms with E-state index in [0.29, 0.717) is 26.3 Å². The highest BCUT2D eigenvalue weighted by Crippen LogP contribution is 2.08. The summed E-state index contributed by atoms with van der Waals surface area (Å²) in [5.74, 6) is 0.0736. The van der Waals surface area contributed by atoms with Gasteiger partial charge < -0.3 is 9.64 Å². The van der Waals surface area contributed by atoms with Gasteiger partial charge in [0.15, 0.2) is 0 Å². The van der Waals surface area contributed by atoms with Gasteiger partial charge in [-0.25, -0.2) is 0 Å². The monoisotopic (exact) mass is 223 g/mol. The Morgan fingerprint density at radius 3 is 2.93 bits per heavy atom. The number of hydrogen-bond donors (Lipinski definition) is 0. The van der Waals surface area contributed by atoms with E-state index >= 15 is 0 Å². The van der Waals surface area contributed by atoms with Crippen molar-refractivity contribution in [2.24, 2.45) is 0 Å². The van der Waals surface area contributed by atoms with Gasteiger partial charge in [0.1, 0.15) is 0 Å². The fourth-order valence-electron chi connectivity index (χ4n) is 1.43. The Labute approximate surface area is 93.0 Å². The summed E-state index contributed by atoms with van der Waals surface area (Å²) in [6.45, 7) is 2.70. The quantitative estimate of drug-likeness (QED) is 0.713. The molecule has 1 aromatic rings. The second-order valence-corrected chi connectivity index (χ2v) is 4.11. The first-order chi connectivity index (χ1) is 7.36.